The van der Waals surface area contributed by atoms with Crippen LogP contribution in [0.5, 0.6) is 0 Å². The van der Waals surface area contributed by atoms with Crippen LogP contribution < -0.4 is 5.73 Å². The summed E-state index contributed by atoms with van der Waals surface area (Å²) >= 11 is 0. The van der Waals surface area contributed by atoms with E-state index in [0.717, 1.165) is 5.56 Å². The molecular formula is C13H15N. The highest BCUT2D eigenvalue weighted by Gasteiger charge is 2.55. The first-order chi connectivity index (χ1) is 6.57. The van der Waals surface area contributed by atoms with Gasteiger partial charge < -0.3 is 5.73 Å². The fourth-order valence-corrected chi connectivity index (χ4v) is 2.14. The molecule has 2 rings (SSSR count). The molecule has 1 aliphatic carbocycles. The molecule has 72 valence electrons. The summed E-state index contributed by atoms with van der Waals surface area (Å²) in [6.07, 6.45) is 5.36. The van der Waals surface area contributed by atoms with Gasteiger partial charge in [0.1, 0.15) is 0 Å². The summed E-state index contributed by atoms with van der Waals surface area (Å²) in [6, 6.07) is 8.41. The Kier molecular flexibility index (Phi) is 1.90. The Bertz CT molecular complexity index is 398. The van der Waals surface area contributed by atoms with E-state index in [1.54, 1.807) is 0 Å². The summed E-state index contributed by atoms with van der Waals surface area (Å²) in [5, 5.41) is 0. The second kappa shape index (κ2) is 2.87. The van der Waals surface area contributed by atoms with Crippen LogP contribution in [0.4, 0.5) is 0 Å². The number of nitrogens with two attached hydrogens (primary N) is 1. The largest absolute Gasteiger partial charge is 0.327 e. The van der Waals surface area contributed by atoms with E-state index in [2.05, 4.69) is 31.9 Å². The molecule has 1 aromatic carbocycles. The van der Waals surface area contributed by atoms with Crippen molar-refractivity contribution in [3.63, 3.8) is 0 Å². The van der Waals surface area contributed by atoms with E-state index in [1.807, 2.05) is 12.1 Å². The van der Waals surface area contributed by atoms with Gasteiger partial charge in [-0.2, -0.15) is 0 Å². The number of benzene rings is 1. The lowest BCUT2D eigenvalue weighted by atomic mass is 10.0. The molecular weight excluding hydrogens is 170 g/mol. The average molecular weight is 185 g/mol. The zero-order valence-corrected chi connectivity index (χ0v) is 8.62. The minimum absolute atomic E-state index is 0.229. The molecule has 1 saturated carbocycles. The van der Waals surface area contributed by atoms with Crippen molar-refractivity contribution in [3.8, 4) is 12.3 Å². The molecule has 2 unspecified atom stereocenters. The lowest BCUT2D eigenvalue weighted by molar-refractivity contribution is 0.599. The molecule has 2 N–H and O–H groups in total. The average Bonchev–Trinajstić information content (AvgIpc) is 2.66. The van der Waals surface area contributed by atoms with Crippen molar-refractivity contribution in [2.45, 2.75) is 25.8 Å². The van der Waals surface area contributed by atoms with E-state index >= 15 is 0 Å². The lowest BCUT2D eigenvalue weighted by Gasteiger charge is -2.02. The van der Waals surface area contributed by atoms with Gasteiger partial charge in [-0.05, 0) is 23.1 Å². The van der Waals surface area contributed by atoms with Crippen LogP contribution in [-0.4, -0.2) is 6.04 Å². The molecule has 1 nitrogen and oxygen atoms in total. The zero-order valence-electron chi connectivity index (χ0n) is 8.62. The van der Waals surface area contributed by atoms with Crippen LogP contribution in [0.15, 0.2) is 24.3 Å². The fourth-order valence-electron chi connectivity index (χ4n) is 2.14. The first-order valence-corrected chi connectivity index (χ1v) is 4.89. The Morgan fingerprint density at radius 2 is 2.07 bits per heavy atom. The van der Waals surface area contributed by atoms with Gasteiger partial charge in [-0.1, -0.05) is 31.9 Å². The molecule has 0 bridgehead atoms. The third-order valence-electron chi connectivity index (χ3n) is 3.32. The zero-order chi connectivity index (χ0) is 10.3. The fraction of sp³-hybridized carbons (Fsp3) is 0.385. The van der Waals surface area contributed by atoms with Crippen molar-refractivity contribution in [2.75, 3.05) is 0 Å². The van der Waals surface area contributed by atoms with E-state index in [9.17, 15) is 0 Å². The third-order valence-corrected chi connectivity index (χ3v) is 3.32. The second-order valence-corrected chi connectivity index (χ2v) is 4.59. The minimum atomic E-state index is 0.229. The summed E-state index contributed by atoms with van der Waals surface area (Å²) in [7, 11) is 0. The van der Waals surface area contributed by atoms with Crippen molar-refractivity contribution in [2.24, 2.45) is 11.1 Å². The molecule has 14 heavy (non-hydrogen) atoms. The Labute approximate surface area is 85.3 Å². The van der Waals surface area contributed by atoms with Crippen molar-refractivity contribution >= 4 is 0 Å². The van der Waals surface area contributed by atoms with Crippen LogP contribution >= 0.6 is 0 Å². The van der Waals surface area contributed by atoms with Gasteiger partial charge in [0, 0.05) is 17.5 Å². The monoisotopic (exact) mass is 185 g/mol. The summed E-state index contributed by atoms with van der Waals surface area (Å²) in [5.74, 6) is 3.12. The smallest absolute Gasteiger partial charge is 0.0245 e. The Morgan fingerprint density at radius 1 is 1.43 bits per heavy atom. The minimum Gasteiger partial charge on any atom is -0.327 e. The van der Waals surface area contributed by atoms with Crippen LogP contribution in [0.3, 0.4) is 0 Å². The van der Waals surface area contributed by atoms with E-state index in [4.69, 9.17) is 12.2 Å². The van der Waals surface area contributed by atoms with Gasteiger partial charge in [0.15, 0.2) is 0 Å². The molecule has 0 spiro atoms. The van der Waals surface area contributed by atoms with Gasteiger partial charge in [-0.25, -0.2) is 0 Å². The van der Waals surface area contributed by atoms with Crippen molar-refractivity contribution in [1.82, 2.24) is 0 Å². The predicted octanol–water partition coefficient (Wildman–Crippen LogP) is 2.12. The van der Waals surface area contributed by atoms with Crippen LogP contribution in [-0.2, 0) is 0 Å². The molecule has 0 aliphatic heterocycles. The van der Waals surface area contributed by atoms with Gasteiger partial charge in [0.2, 0.25) is 0 Å². The maximum atomic E-state index is 6.02. The summed E-state index contributed by atoms with van der Waals surface area (Å²) in [5.41, 5.74) is 8.46. The van der Waals surface area contributed by atoms with Crippen molar-refractivity contribution in [3.05, 3.63) is 35.4 Å². The maximum Gasteiger partial charge on any atom is 0.0245 e. The number of rotatable bonds is 1. The molecule has 1 aromatic rings. The lowest BCUT2D eigenvalue weighted by Crippen LogP contribution is -2.06. The van der Waals surface area contributed by atoms with Crippen LogP contribution in [0.25, 0.3) is 0 Å². The van der Waals surface area contributed by atoms with Gasteiger partial charge in [-0.3, -0.25) is 0 Å². The van der Waals surface area contributed by atoms with Gasteiger partial charge in [0.05, 0.1) is 0 Å². The van der Waals surface area contributed by atoms with E-state index in [-0.39, 0.29) is 11.5 Å². The van der Waals surface area contributed by atoms with Gasteiger partial charge in [-0.15, -0.1) is 6.42 Å². The van der Waals surface area contributed by atoms with Crippen LogP contribution in [0.1, 0.15) is 30.9 Å². The molecule has 2 atom stereocenters. The molecule has 0 heterocycles. The predicted molar refractivity (Wildman–Crippen MR) is 58.9 cm³/mol. The standard InChI is InChI=1S/C13H15N/c1-4-9-6-5-7-10(8-9)11-12(14)13(11,2)3/h1,5-8,11-12H,14H2,2-3H3. The number of hydrogen-bond acceptors (Lipinski definition) is 1. The van der Waals surface area contributed by atoms with Gasteiger partial charge in [0.25, 0.3) is 0 Å². The molecule has 0 aromatic heterocycles. The Hall–Kier alpha value is -1.26. The van der Waals surface area contributed by atoms with E-state index < -0.39 is 0 Å². The second-order valence-electron chi connectivity index (χ2n) is 4.59. The Balaban J connectivity index is 2.32. The molecule has 1 heteroatoms. The first kappa shape index (κ1) is 9.30. The molecule has 1 aliphatic rings. The molecule has 1 fully saturated rings. The SMILES string of the molecule is C#Cc1cccc(C2C(N)C2(C)C)c1. The summed E-state index contributed by atoms with van der Waals surface area (Å²) in [4.78, 5) is 0. The molecule has 0 saturated heterocycles. The van der Waals surface area contributed by atoms with E-state index in [0.29, 0.717) is 5.92 Å². The van der Waals surface area contributed by atoms with Crippen LogP contribution in [0.2, 0.25) is 0 Å². The molecule has 0 amide bonds. The quantitative estimate of drug-likeness (QED) is 0.666. The highest BCUT2D eigenvalue weighted by Crippen LogP contribution is 2.57. The first-order valence-electron chi connectivity index (χ1n) is 4.89. The summed E-state index contributed by atoms with van der Waals surface area (Å²) in [6.45, 7) is 4.40. The normalized spacial score (nSPS) is 28.1. The third kappa shape index (κ3) is 1.23. The van der Waals surface area contributed by atoms with Crippen molar-refractivity contribution < 1.29 is 0 Å². The van der Waals surface area contributed by atoms with E-state index in [1.165, 1.54) is 5.56 Å². The number of hydrogen-bond donors (Lipinski definition) is 1. The highest BCUT2D eigenvalue weighted by molar-refractivity contribution is 5.41. The Morgan fingerprint density at radius 3 is 2.57 bits per heavy atom. The summed E-state index contributed by atoms with van der Waals surface area (Å²) < 4.78 is 0. The topological polar surface area (TPSA) is 26.0 Å². The van der Waals surface area contributed by atoms with Gasteiger partial charge >= 0.3 is 0 Å². The van der Waals surface area contributed by atoms with Crippen molar-refractivity contribution in [1.29, 1.82) is 0 Å². The van der Waals surface area contributed by atoms with Crippen LogP contribution in [0, 0.1) is 17.8 Å². The maximum absolute atomic E-state index is 6.02. The highest BCUT2D eigenvalue weighted by atomic mass is 14.8. The number of terminal acetylenes is 1. The molecule has 0 radical (unpaired) electrons.